The molecular formula is C27H23Cl2N5O3. The highest BCUT2D eigenvalue weighted by Gasteiger charge is 2.36. The number of halogens is 2. The number of hydrogen-bond donors (Lipinski definition) is 2. The first-order valence-electron chi connectivity index (χ1n) is 11.4. The lowest BCUT2D eigenvalue weighted by molar-refractivity contribution is -0.113. The monoisotopic (exact) mass is 535 g/mol. The van der Waals surface area contributed by atoms with Crippen molar-refractivity contribution in [2.45, 2.75) is 13.0 Å². The van der Waals surface area contributed by atoms with Crippen LogP contribution in [0.3, 0.4) is 0 Å². The highest BCUT2D eigenvalue weighted by Crippen LogP contribution is 2.40. The fraction of sp³-hybridized carbons (Fsp3) is 0.148. The van der Waals surface area contributed by atoms with E-state index in [-0.39, 0.29) is 5.91 Å². The van der Waals surface area contributed by atoms with Crippen molar-refractivity contribution in [1.82, 2.24) is 14.8 Å². The topological polar surface area (TPSA) is 90.3 Å². The summed E-state index contributed by atoms with van der Waals surface area (Å²) >= 11 is 12.8. The molecule has 1 unspecified atom stereocenters. The molecule has 0 bridgehead atoms. The van der Waals surface area contributed by atoms with Crippen LogP contribution in [0, 0.1) is 0 Å². The predicted molar refractivity (Wildman–Crippen MR) is 145 cm³/mol. The molecule has 0 saturated carbocycles. The molecule has 1 aliphatic heterocycles. The van der Waals surface area contributed by atoms with Gasteiger partial charge in [0.25, 0.3) is 5.91 Å². The molecule has 4 aromatic rings. The van der Waals surface area contributed by atoms with E-state index < -0.39 is 6.04 Å². The summed E-state index contributed by atoms with van der Waals surface area (Å²) < 4.78 is 12.4. The molecular weight excluding hydrogens is 513 g/mol. The number of nitrogens with one attached hydrogen (secondary N) is 2. The molecule has 0 radical (unpaired) electrons. The Morgan fingerprint density at radius 2 is 1.84 bits per heavy atom. The lowest BCUT2D eigenvalue weighted by atomic mass is 9.95. The zero-order valence-corrected chi connectivity index (χ0v) is 21.8. The summed E-state index contributed by atoms with van der Waals surface area (Å²) in [5.41, 5.74) is 2.99. The molecule has 0 saturated heterocycles. The summed E-state index contributed by atoms with van der Waals surface area (Å²) in [6.07, 6.45) is 0. The van der Waals surface area contributed by atoms with Crippen LogP contribution in [-0.4, -0.2) is 34.9 Å². The van der Waals surface area contributed by atoms with Crippen LogP contribution >= 0.6 is 23.2 Å². The lowest BCUT2D eigenvalue weighted by Crippen LogP contribution is -2.31. The second-order valence-electron chi connectivity index (χ2n) is 8.32. The van der Waals surface area contributed by atoms with Gasteiger partial charge in [-0.3, -0.25) is 4.79 Å². The zero-order valence-electron chi connectivity index (χ0n) is 20.3. The number of amides is 1. The summed E-state index contributed by atoms with van der Waals surface area (Å²) in [7, 11) is 3.15. The van der Waals surface area contributed by atoms with Gasteiger partial charge in [0.1, 0.15) is 17.5 Å². The maximum absolute atomic E-state index is 13.8. The number of aromatic nitrogens is 3. The molecule has 3 aromatic carbocycles. The number of anilines is 2. The Balaban J connectivity index is 1.63. The highest BCUT2D eigenvalue weighted by molar-refractivity contribution is 6.35. The van der Waals surface area contributed by atoms with Gasteiger partial charge in [-0.25, -0.2) is 4.68 Å². The van der Waals surface area contributed by atoms with Crippen molar-refractivity contribution in [3.05, 3.63) is 93.6 Å². The summed E-state index contributed by atoms with van der Waals surface area (Å²) in [4.78, 5) is 18.5. The predicted octanol–water partition coefficient (Wildman–Crippen LogP) is 6.20. The number of ether oxygens (including phenoxy) is 2. The van der Waals surface area contributed by atoms with E-state index in [9.17, 15) is 4.79 Å². The molecule has 10 heteroatoms. The van der Waals surface area contributed by atoms with Gasteiger partial charge >= 0.3 is 0 Å². The number of carbonyl (C=O) groups is 1. The summed E-state index contributed by atoms with van der Waals surface area (Å²) in [5, 5.41) is 11.9. The fourth-order valence-electron chi connectivity index (χ4n) is 4.28. The van der Waals surface area contributed by atoms with Crippen molar-refractivity contribution in [3.63, 3.8) is 0 Å². The number of rotatable bonds is 6. The van der Waals surface area contributed by atoms with Crippen molar-refractivity contribution in [1.29, 1.82) is 0 Å². The van der Waals surface area contributed by atoms with Gasteiger partial charge < -0.3 is 20.1 Å². The number of methoxy groups -OCH3 is 2. The normalized spacial score (nSPS) is 14.6. The Hall–Kier alpha value is -4.01. The van der Waals surface area contributed by atoms with E-state index in [1.54, 1.807) is 49.2 Å². The smallest absolute Gasteiger partial charge is 0.255 e. The molecule has 1 amide bonds. The Morgan fingerprint density at radius 1 is 1.03 bits per heavy atom. The minimum atomic E-state index is -0.678. The van der Waals surface area contributed by atoms with Gasteiger partial charge in [-0.2, -0.15) is 4.98 Å². The van der Waals surface area contributed by atoms with Gasteiger partial charge in [-0.15, -0.1) is 5.10 Å². The number of benzene rings is 3. The molecule has 5 rings (SSSR count). The minimum absolute atomic E-state index is 0.338. The molecule has 2 N–H and O–H groups in total. The molecule has 0 fully saturated rings. The number of allylic oxidation sites excluding steroid dienone is 1. The molecule has 37 heavy (non-hydrogen) atoms. The van der Waals surface area contributed by atoms with Gasteiger partial charge in [-0.1, -0.05) is 53.5 Å². The van der Waals surface area contributed by atoms with Crippen molar-refractivity contribution in [2.24, 2.45) is 0 Å². The molecule has 8 nitrogen and oxygen atoms in total. The fourth-order valence-corrected chi connectivity index (χ4v) is 4.79. The Morgan fingerprint density at radius 3 is 2.59 bits per heavy atom. The number of nitrogens with zero attached hydrogens (tertiary/aromatic N) is 3. The maximum Gasteiger partial charge on any atom is 0.255 e. The van der Waals surface area contributed by atoms with Gasteiger partial charge in [0.05, 0.1) is 25.5 Å². The first-order chi connectivity index (χ1) is 17.9. The molecule has 188 valence electrons. The second kappa shape index (κ2) is 10.2. The van der Waals surface area contributed by atoms with Gasteiger partial charge in [-0.05, 0) is 43.3 Å². The van der Waals surface area contributed by atoms with E-state index in [1.807, 2.05) is 43.3 Å². The number of fused-ring (bicyclic) bond motifs is 1. The van der Waals surface area contributed by atoms with E-state index in [1.165, 1.54) is 0 Å². The Bertz CT molecular complexity index is 1530. The average molecular weight is 536 g/mol. The van der Waals surface area contributed by atoms with Crippen LogP contribution in [0.1, 0.15) is 18.5 Å². The third-order valence-corrected chi connectivity index (χ3v) is 6.60. The summed E-state index contributed by atoms with van der Waals surface area (Å²) in [5.74, 6) is 1.83. The van der Waals surface area contributed by atoms with Crippen LogP contribution in [0.2, 0.25) is 10.0 Å². The van der Waals surface area contributed by atoms with Gasteiger partial charge in [0.2, 0.25) is 5.95 Å². The van der Waals surface area contributed by atoms with E-state index in [0.29, 0.717) is 55.8 Å². The van der Waals surface area contributed by atoms with Crippen molar-refractivity contribution < 1.29 is 14.3 Å². The largest absolute Gasteiger partial charge is 0.497 e. The molecule has 0 spiro atoms. The summed E-state index contributed by atoms with van der Waals surface area (Å²) in [6, 6.07) is 19.1. The van der Waals surface area contributed by atoms with Gasteiger partial charge in [0.15, 0.2) is 5.82 Å². The van der Waals surface area contributed by atoms with E-state index in [4.69, 9.17) is 42.8 Å². The van der Waals surface area contributed by atoms with Crippen LogP contribution in [0.5, 0.6) is 11.5 Å². The molecule has 1 aliphatic rings. The Kier molecular flexibility index (Phi) is 6.78. The maximum atomic E-state index is 13.8. The molecule has 1 aromatic heterocycles. The van der Waals surface area contributed by atoms with Crippen LogP contribution < -0.4 is 20.1 Å². The van der Waals surface area contributed by atoms with Crippen LogP contribution in [0.4, 0.5) is 11.6 Å². The van der Waals surface area contributed by atoms with E-state index >= 15 is 0 Å². The standard InChI is InChI=1S/C27H23Cl2N5O3/c1-15-23(26(35)31-21-9-4-5-10-22(21)37-3)24(19-12-11-17(28)14-20(19)29)34-27(30-15)32-25(33-34)16-7-6-8-18(13-16)36-2/h4-14,24H,1-3H3,(H,31,35)(H,30,32,33). The first-order valence-corrected chi connectivity index (χ1v) is 12.1. The van der Waals surface area contributed by atoms with Crippen LogP contribution in [0.15, 0.2) is 78.0 Å². The molecule has 2 heterocycles. The van der Waals surface area contributed by atoms with E-state index in [2.05, 4.69) is 10.6 Å². The molecule has 0 aliphatic carbocycles. The molecule has 1 atom stereocenters. The van der Waals surface area contributed by atoms with Crippen molar-refractivity contribution in [2.75, 3.05) is 24.9 Å². The van der Waals surface area contributed by atoms with Crippen molar-refractivity contribution >= 4 is 40.7 Å². The van der Waals surface area contributed by atoms with Crippen molar-refractivity contribution in [3.8, 4) is 22.9 Å². The van der Waals surface area contributed by atoms with Crippen LogP contribution in [0.25, 0.3) is 11.4 Å². The number of para-hydroxylation sites is 2. The van der Waals surface area contributed by atoms with Crippen LogP contribution in [-0.2, 0) is 4.79 Å². The Labute approximate surface area is 223 Å². The third kappa shape index (κ3) is 4.73. The minimum Gasteiger partial charge on any atom is -0.497 e. The first kappa shape index (κ1) is 24.7. The quantitative estimate of drug-likeness (QED) is 0.305. The van der Waals surface area contributed by atoms with Gasteiger partial charge in [0, 0.05) is 26.9 Å². The van der Waals surface area contributed by atoms with E-state index in [0.717, 1.165) is 5.56 Å². The zero-order chi connectivity index (χ0) is 26.1. The lowest BCUT2D eigenvalue weighted by Gasteiger charge is -2.29. The highest BCUT2D eigenvalue weighted by atomic mass is 35.5. The second-order valence-corrected chi connectivity index (χ2v) is 9.17. The number of carbonyl (C=O) groups excluding carboxylic acids is 1. The third-order valence-electron chi connectivity index (χ3n) is 6.04. The number of hydrogen-bond acceptors (Lipinski definition) is 6. The SMILES string of the molecule is COc1cccc(-c2nc3n(n2)C(c2ccc(Cl)cc2Cl)C(C(=O)Nc2ccccc2OC)=C(C)N3)c1. The summed E-state index contributed by atoms with van der Waals surface area (Å²) in [6.45, 7) is 1.82. The average Bonchev–Trinajstić information content (AvgIpc) is 3.32.